The van der Waals surface area contributed by atoms with Crippen molar-refractivity contribution in [1.82, 2.24) is 5.01 Å². The molecule has 0 aromatic heterocycles. The lowest BCUT2D eigenvalue weighted by molar-refractivity contribution is -0.123. The average molecular weight is 384 g/mol. The SMILES string of the molecule is COc1ccc(N2C(=O)[C@@H]3N=NN(Cc4ccccc4F)[C@H]3C2=O)cc1OC. The number of imide groups is 1. The molecule has 28 heavy (non-hydrogen) atoms. The van der Waals surface area contributed by atoms with Crippen molar-refractivity contribution < 1.29 is 23.5 Å². The molecule has 0 aliphatic carbocycles. The maximum absolute atomic E-state index is 14.0. The van der Waals surface area contributed by atoms with Crippen LogP contribution in [0.3, 0.4) is 0 Å². The first-order chi connectivity index (χ1) is 13.5. The fourth-order valence-corrected chi connectivity index (χ4v) is 3.37. The van der Waals surface area contributed by atoms with Gasteiger partial charge in [0.05, 0.1) is 26.5 Å². The molecular weight excluding hydrogens is 367 g/mol. The Labute approximate surface area is 160 Å². The van der Waals surface area contributed by atoms with Crippen LogP contribution < -0.4 is 14.4 Å². The molecule has 2 amide bonds. The minimum Gasteiger partial charge on any atom is -0.493 e. The molecule has 8 nitrogen and oxygen atoms in total. The van der Waals surface area contributed by atoms with E-state index in [1.807, 2.05) is 0 Å². The fraction of sp³-hybridized carbons (Fsp3) is 0.263. The average Bonchev–Trinajstić information content (AvgIpc) is 3.23. The molecule has 9 heteroatoms. The molecule has 0 bridgehead atoms. The molecule has 2 aliphatic rings. The van der Waals surface area contributed by atoms with Gasteiger partial charge < -0.3 is 9.47 Å². The molecule has 1 saturated heterocycles. The van der Waals surface area contributed by atoms with Gasteiger partial charge in [0.25, 0.3) is 11.8 Å². The second kappa shape index (κ2) is 6.91. The molecule has 2 atom stereocenters. The van der Waals surface area contributed by atoms with Crippen LogP contribution in [0.15, 0.2) is 52.8 Å². The van der Waals surface area contributed by atoms with Crippen molar-refractivity contribution >= 4 is 17.5 Å². The molecule has 2 aromatic rings. The number of methoxy groups -OCH3 is 2. The maximum atomic E-state index is 14.0. The number of hydrogen-bond acceptors (Lipinski definition) is 7. The van der Waals surface area contributed by atoms with E-state index in [4.69, 9.17) is 9.47 Å². The summed E-state index contributed by atoms with van der Waals surface area (Å²) in [4.78, 5) is 26.9. The normalized spacial score (nSPS) is 20.7. The molecule has 0 saturated carbocycles. The zero-order valence-electron chi connectivity index (χ0n) is 15.2. The van der Waals surface area contributed by atoms with Crippen molar-refractivity contribution in [3.05, 3.63) is 53.8 Å². The number of rotatable bonds is 5. The minimum atomic E-state index is -0.952. The second-order valence-electron chi connectivity index (χ2n) is 6.33. The predicted octanol–water partition coefficient (Wildman–Crippen LogP) is 2.34. The number of benzene rings is 2. The van der Waals surface area contributed by atoms with Gasteiger partial charge in [-0.05, 0) is 18.2 Å². The minimum absolute atomic E-state index is 0.0378. The standard InChI is InChI=1S/C19H17FN4O4/c1-27-14-8-7-12(9-15(14)28-2)24-18(25)16-17(19(24)26)23(22-21-16)10-11-5-3-4-6-13(11)20/h3-9,16-17H,10H2,1-2H3/t16-,17-/m1/s1. The molecular formula is C19H17FN4O4. The summed E-state index contributed by atoms with van der Waals surface area (Å²) in [5.41, 5.74) is 0.718. The number of amides is 2. The van der Waals surface area contributed by atoms with Crippen LogP contribution in [0, 0.1) is 5.82 Å². The van der Waals surface area contributed by atoms with Crippen molar-refractivity contribution in [2.75, 3.05) is 19.1 Å². The summed E-state index contributed by atoms with van der Waals surface area (Å²) >= 11 is 0. The molecule has 4 rings (SSSR count). The number of halogens is 1. The molecule has 0 unspecified atom stereocenters. The van der Waals surface area contributed by atoms with Gasteiger partial charge in [0.15, 0.2) is 23.6 Å². The highest BCUT2D eigenvalue weighted by Gasteiger charge is 2.54. The Morgan fingerprint density at radius 2 is 1.79 bits per heavy atom. The van der Waals surface area contributed by atoms with Gasteiger partial charge in [-0.2, -0.15) is 5.11 Å². The highest BCUT2D eigenvalue weighted by molar-refractivity contribution is 6.25. The third-order valence-electron chi connectivity index (χ3n) is 4.77. The van der Waals surface area contributed by atoms with Crippen LogP contribution in [-0.2, 0) is 16.1 Å². The van der Waals surface area contributed by atoms with Crippen molar-refractivity contribution in [3.63, 3.8) is 0 Å². The van der Waals surface area contributed by atoms with Crippen LogP contribution in [0.25, 0.3) is 0 Å². The fourth-order valence-electron chi connectivity index (χ4n) is 3.37. The highest BCUT2D eigenvalue weighted by Crippen LogP contribution is 2.37. The lowest BCUT2D eigenvalue weighted by Crippen LogP contribution is -2.39. The van der Waals surface area contributed by atoms with E-state index in [1.165, 1.54) is 25.3 Å². The molecule has 144 valence electrons. The van der Waals surface area contributed by atoms with E-state index in [2.05, 4.69) is 10.3 Å². The zero-order valence-corrected chi connectivity index (χ0v) is 15.2. The highest BCUT2D eigenvalue weighted by atomic mass is 19.1. The van der Waals surface area contributed by atoms with Gasteiger partial charge in [0.1, 0.15) is 5.82 Å². The summed E-state index contributed by atoms with van der Waals surface area (Å²) in [5, 5.41) is 9.23. The molecule has 0 radical (unpaired) electrons. The van der Waals surface area contributed by atoms with Crippen molar-refractivity contribution in [3.8, 4) is 11.5 Å². The van der Waals surface area contributed by atoms with Gasteiger partial charge >= 0.3 is 0 Å². The Morgan fingerprint density at radius 1 is 1.04 bits per heavy atom. The number of ether oxygens (including phenoxy) is 2. The van der Waals surface area contributed by atoms with E-state index in [-0.39, 0.29) is 6.54 Å². The molecule has 2 aromatic carbocycles. The van der Waals surface area contributed by atoms with Gasteiger partial charge in [-0.15, -0.1) is 0 Å². The van der Waals surface area contributed by atoms with E-state index in [0.29, 0.717) is 22.7 Å². The van der Waals surface area contributed by atoms with Gasteiger partial charge in [0, 0.05) is 11.6 Å². The Morgan fingerprint density at radius 3 is 2.50 bits per heavy atom. The topological polar surface area (TPSA) is 83.8 Å². The van der Waals surface area contributed by atoms with E-state index in [0.717, 1.165) is 4.90 Å². The first-order valence-corrected chi connectivity index (χ1v) is 8.56. The number of carbonyl (C=O) groups is 2. The van der Waals surface area contributed by atoms with Gasteiger partial charge in [-0.25, -0.2) is 9.29 Å². The van der Waals surface area contributed by atoms with E-state index >= 15 is 0 Å². The third kappa shape index (κ3) is 2.75. The quantitative estimate of drug-likeness (QED) is 0.739. The van der Waals surface area contributed by atoms with Crippen LogP contribution in [0.4, 0.5) is 10.1 Å². The van der Waals surface area contributed by atoms with Crippen molar-refractivity contribution in [2.24, 2.45) is 10.3 Å². The maximum Gasteiger partial charge on any atom is 0.263 e. The first-order valence-electron chi connectivity index (χ1n) is 8.56. The van der Waals surface area contributed by atoms with Crippen molar-refractivity contribution in [2.45, 2.75) is 18.6 Å². The Bertz CT molecular complexity index is 980. The monoisotopic (exact) mass is 384 g/mol. The number of anilines is 1. The summed E-state index contributed by atoms with van der Waals surface area (Å²) in [7, 11) is 2.96. The number of fused-ring (bicyclic) bond motifs is 1. The second-order valence-corrected chi connectivity index (χ2v) is 6.33. The molecule has 2 aliphatic heterocycles. The third-order valence-corrected chi connectivity index (χ3v) is 4.77. The predicted molar refractivity (Wildman–Crippen MR) is 96.4 cm³/mol. The number of hydrogen-bond donors (Lipinski definition) is 0. The number of carbonyl (C=O) groups excluding carboxylic acids is 2. The zero-order chi connectivity index (χ0) is 19.8. The Balaban J connectivity index is 1.62. The summed E-state index contributed by atoms with van der Waals surface area (Å²) < 4.78 is 24.4. The summed E-state index contributed by atoms with van der Waals surface area (Å²) in [6.07, 6.45) is 0. The Kier molecular flexibility index (Phi) is 4.42. The number of nitrogens with zero attached hydrogens (tertiary/aromatic N) is 4. The summed E-state index contributed by atoms with van der Waals surface area (Å²) in [6, 6.07) is 9.11. The summed E-state index contributed by atoms with van der Waals surface area (Å²) in [5.74, 6) is -0.492. The lowest BCUT2D eigenvalue weighted by atomic mass is 10.1. The molecule has 0 spiro atoms. The summed E-state index contributed by atoms with van der Waals surface area (Å²) in [6.45, 7) is 0.0378. The van der Waals surface area contributed by atoms with Crippen molar-refractivity contribution in [1.29, 1.82) is 0 Å². The molecule has 2 heterocycles. The van der Waals surface area contributed by atoms with Crippen LogP contribution in [0.1, 0.15) is 5.56 Å². The van der Waals surface area contributed by atoms with Crippen LogP contribution in [0.2, 0.25) is 0 Å². The van der Waals surface area contributed by atoms with Crippen LogP contribution in [-0.4, -0.2) is 43.1 Å². The van der Waals surface area contributed by atoms with Crippen LogP contribution >= 0.6 is 0 Å². The molecule has 0 N–H and O–H groups in total. The smallest absolute Gasteiger partial charge is 0.263 e. The van der Waals surface area contributed by atoms with E-state index in [1.54, 1.807) is 36.4 Å². The van der Waals surface area contributed by atoms with E-state index < -0.39 is 29.7 Å². The molecule has 1 fully saturated rings. The van der Waals surface area contributed by atoms with Crippen LogP contribution in [0.5, 0.6) is 11.5 Å². The Hall–Kier alpha value is -3.49. The van der Waals surface area contributed by atoms with Gasteiger partial charge in [-0.1, -0.05) is 23.4 Å². The van der Waals surface area contributed by atoms with Gasteiger partial charge in [0.2, 0.25) is 0 Å². The van der Waals surface area contributed by atoms with Gasteiger partial charge in [-0.3, -0.25) is 14.6 Å². The lowest BCUT2D eigenvalue weighted by Gasteiger charge is -2.21. The largest absolute Gasteiger partial charge is 0.493 e. The van der Waals surface area contributed by atoms with E-state index in [9.17, 15) is 14.0 Å². The first kappa shape index (κ1) is 17.9.